The summed E-state index contributed by atoms with van der Waals surface area (Å²) in [5, 5.41) is 0. The molecule has 0 atom stereocenters. The van der Waals surface area contributed by atoms with Crippen LogP contribution < -0.4 is 0 Å². The third kappa shape index (κ3) is 6.21. The second-order valence-corrected chi connectivity index (χ2v) is 10.9. The SMILES string of the molecule is CCC1=C(CC)c2cc3[nH]c(cc4[nH]c(cc5nc(cc1n2)C(CC)=C5CC)c(CC)c4CC)c(CC)c3CC.[O-2].[O-2].[V+4]. The molecule has 0 aliphatic carbocycles. The summed E-state index contributed by atoms with van der Waals surface area (Å²) in [5.41, 5.74) is 20.2. The van der Waals surface area contributed by atoms with E-state index in [1.54, 1.807) is 0 Å². The van der Waals surface area contributed by atoms with Crippen molar-refractivity contribution in [1.82, 2.24) is 19.9 Å². The van der Waals surface area contributed by atoms with Gasteiger partial charge in [0.2, 0.25) is 0 Å². The average molecular weight is 618 g/mol. The Kier molecular flexibility index (Phi) is 12.8. The minimum atomic E-state index is 0. The van der Waals surface area contributed by atoms with Gasteiger partial charge < -0.3 is 20.9 Å². The van der Waals surface area contributed by atoms with Crippen molar-refractivity contribution in [2.75, 3.05) is 0 Å². The van der Waals surface area contributed by atoms with Gasteiger partial charge >= 0.3 is 18.6 Å². The number of aryl methyl sites for hydroxylation is 4. The first-order chi connectivity index (χ1) is 19.5. The summed E-state index contributed by atoms with van der Waals surface area (Å²) in [6.07, 6.45) is 7.84. The second kappa shape index (κ2) is 15.2. The Morgan fingerprint density at radius 3 is 0.907 bits per heavy atom. The van der Waals surface area contributed by atoms with Crippen LogP contribution in [0, 0.1) is 0 Å². The first-order valence-electron chi connectivity index (χ1n) is 15.7. The van der Waals surface area contributed by atoms with Gasteiger partial charge in [-0.25, -0.2) is 9.97 Å². The van der Waals surface area contributed by atoms with Gasteiger partial charge in [-0.15, -0.1) is 0 Å². The van der Waals surface area contributed by atoms with Crippen LogP contribution in [-0.4, -0.2) is 19.9 Å². The van der Waals surface area contributed by atoms with E-state index in [0.29, 0.717) is 0 Å². The van der Waals surface area contributed by atoms with Crippen molar-refractivity contribution in [1.29, 1.82) is 0 Å². The van der Waals surface area contributed by atoms with Crippen LogP contribution in [0.25, 0.3) is 44.4 Å². The molecule has 3 aromatic heterocycles. The van der Waals surface area contributed by atoms with Crippen molar-refractivity contribution in [3.8, 4) is 0 Å². The molecule has 5 heterocycles. The van der Waals surface area contributed by atoms with Gasteiger partial charge in [-0.2, -0.15) is 0 Å². The number of hydrogen-bond acceptors (Lipinski definition) is 2. The number of fused-ring (bicyclic) bond motifs is 8. The molecule has 0 saturated carbocycles. The number of allylic oxidation sites excluding steroid dienone is 4. The van der Waals surface area contributed by atoms with Gasteiger partial charge in [0, 0.05) is 22.1 Å². The maximum atomic E-state index is 5.28. The van der Waals surface area contributed by atoms with E-state index in [0.717, 1.165) is 74.1 Å². The van der Waals surface area contributed by atoms with E-state index in [2.05, 4.69) is 89.6 Å². The summed E-state index contributed by atoms with van der Waals surface area (Å²) in [6.45, 7) is 18.1. The quantitative estimate of drug-likeness (QED) is 0.262. The van der Waals surface area contributed by atoms with Gasteiger partial charge in [-0.1, -0.05) is 55.4 Å². The molecule has 0 spiro atoms. The van der Waals surface area contributed by atoms with E-state index in [9.17, 15) is 0 Å². The smallest absolute Gasteiger partial charge is 2.00 e. The molecule has 43 heavy (non-hydrogen) atoms. The molecule has 0 amide bonds. The Hall–Kier alpha value is -2.90. The van der Waals surface area contributed by atoms with E-state index in [1.807, 2.05) is 0 Å². The molecule has 2 N–H and O–H groups in total. The molecule has 3 aromatic rings. The summed E-state index contributed by atoms with van der Waals surface area (Å²) in [7, 11) is 0. The predicted molar refractivity (Wildman–Crippen MR) is 175 cm³/mol. The van der Waals surface area contributed by atoms with Crippen LogP contribution in [0.4, 0.5) is 0 Å². The maximum absolute atomic E-state index is 5.28. The Balaban J connectivity index is 0.00000215. The summed E-state index contributed by atoms with van der Waals surface area (Å²) >= 11 is 0. The Morgan fingerprint density at radius 2 is 0.651 bits per heavy atom. The van der Waals surface area contributed by atoms with Crippen molar-refractivity contribution in [3.05, 3.63) is 69.3 Å². The molecule has 227 valence electrons. The zero-order chi connectivity index (χ0) is 28.6. The van der Waals surface area contributed by atoms with Crippen LogP contribution >= 0.6 is 0 Å². The second-order valence-electron chi connectivity index (χ2n) is 10.9. The van der Waals surface area contributed by atoms with Crippen molar-refractivity contribution >= 4 is 44.4 Å². The average Bonchev–Trinajstić information content (AvgIpc) is 3.67. The monoisotopic (exact) mass is 617 g/mol. The number of nitrogens with one attached hydrogen (secondary N) is 2. The summed E-state index contributed by atoms with van der Waals surface area (Å²) in [6, 6.07) is 9.24. The molecular formula is C36H46N4O2V. The largest absolute Gasteiger partial charge is 4.00 e. The van der Waals surface area contributed by atoms with Crippen molar-refractivity contribution in [2.45, 2.75) is 107 Å². The molecule has 2 aliphatic heterocycles. The van der Waals surface area contributed by atoms with Crippen LogP contribution in [0.5, 0.6) is 0 Å². The first kappa shape index (κ1) is 36.3. The minimum Gasteiger partial charge on any atom is -2.00 e. The number of hydrogen-bond donors (Lipinski definition) is 2. The van der Waals surface area contributed by atoms with Crippen LogP contribution in [0.1, 0.15) is 126 Å². The first-order valence-corrected chi connectivity index (χ1v) is 15.7. The minimum absolute atomic E-state index is 0. The van der Waals surface area contributed by atoms with Crippen LogP contribution in [0.3, 0.4) is 0 Å². The van der Waals surface area contributed by atoms with Gasteiger partial charge in [0.15, 0.2) is 0 Å². The van der Waals surface area contributed by atoms with Crippen LogP contribution in [-0.2, 0) is 55.2 Å². The molecule has 0 aromatic carbocycles. The number of nitrogens with zero attached hydrogens (tertiary/aromatic N) is 2. The third-order valence-corrected chi connectivity index (χ3v) is 8.97. The molecule has 5 rings (SSSR count). The Bertz CT molecular complexity index is 1570. The standard InChI is InChI=1S/C36H46N4.2O.V/c1-9-21-22(10-2)30-18-32-25(13-5)26(14-6)34(39-32)20-36-28(16-8)27(15-7)35(40-36)19-33-24(12-4)23(11-3)31(38-33)17-29(21)37-30;;;/h17-20,37-38H,9-16H2,1-8H3;;;/q;2*-2;+4. The maximum Gasteiger partial charge on any atom is 4.00 e. The van der Waals surface area contributed by atoms with Crippen LogP contribution in [0.15, 0.2) is 24.3 Å². The molecule has 7 heteroatoms. The topological polar surface area (TPSA) is 114 Å². The van der Waals surface area contributed by atoms with Crippen LogP contribution in [0.2, 0.25) is 0 Å². The fourth-order valence-corrected chi connectivity index (χ4v) is 7.10. The zero-order valence-electron chi connectivity index (χ0n) is 27.1. The van der Waals surface area contributed by atoms with E-state index in [4.69, 9.17) is 9.97 Å². The molecular weight excluding hydrogens is 571 g/mol. The zero-order valence-corrected chi connectivity index (χ0v) is 28.5. The Morgan fingerprint density at radius 1 is 0.395 bits per heavy atom. The van der Waals surface area contributed by atoms with Crippen molar-refractivity contribution < 1.29 is 29.5 Å². The fourth-order valence-electron chi connectivity index (χ4n) is 7.10. The molecule has 2 aliphatic rings. The Labute approximate surface area is 269 Å². The van der Waals surface area contributed by atoms with Gasteiger partial charge in [-0.3, -0.25) is 0 Å². The number of rotatable bonds is 8. The number of aromatic nitrogens is 4. The fraction of sp³-hybridized carbons (Fsp3) is 0.444. The van der Waals surface area contributed by atoms with Gasteiger partial charge in [-0.05, 0) is 120 Å². The molecule has 1 radical (unpaired) electrons. The summed E-state index contributed by atoms with van der Waals surface area (Å²) < 4.78 is 0. The number of aromatic amines is 2. The van der Waals surface area contributed by atoms with E-state index in [1.165, 1.54) is 66.6 Å². The normalized spacial score (nSPS) is 12.7. The molecule has 0 saturated heterocycles. The van der Waals surface area contributed by atoms with Gasteiger partial charge in [0.05, 0.1) is 22.8 Å². The molecule has 0 fully saturated rings. The van der Waals surface area contributed by atoms with E-state index < -0.39 is 0 Å². The van der Waals surface area contributed by atoms with E-state index in [-0.39, 0.29) is 29.5 Å². The van der Waals surface area contributed by atoms with Crippen molar-refractivity contribution in [2.24, 2.45) is 0 Å². The van der Waals surface area contributed by atoms with Gasteiger partial charge in [0.25, 0.3) is 0 Å². The summed E-state index contributed by atoms with van der Waals surface area (Å²) in [4.78, 5) is 18.2. The van der Waals surface area contributed by atoms with Gasteiger partial charge in [0.1, 0.15) is 0 Å². The predicted octanol–water partition coefficient (Wildman–Crippen LogP) is 9.79. The number of H-pyrrole nitrogens is 2. The summed E-state index contributed by atoms with van der Waals surface area (Å²) in [5.74, 6) is 0. The molecule has 0 unspecified atom stereocenters. The van der Waals surface area contributed by atoms with Crippen molar-refractivity contribution in [3.63, 3.8) is 0 Å². The van der Waals surface area contributed by atoms with E-state index >= 15 is 0 Å². The molecule has 8 bridgehead atoms. The third-order valence-electron chi connectivity index (χ3n) is 8.97. The molecule has 6 nitrogen and oxygen atoms in total.